The average molecular weight is 379 g/mol. The van der Waals surface area contributed by atoms with Gasteiger partial charge in [-0.2, -0.15) is 5.10 Å². The molecule has 4 nitrogen and oxygen atoms in total. The lowest BCUT2D eigenvalue weighted by Gasteiger charge is -2.13. The van der Waals surface area contributed by atoms with Crippen molar-refractivity contribution in [1.29, 1.82) is 0 Å². The van der Waals surface area contributed by atoms with Gasteiger partial charge in [0.2, 0.25) is 0 Å². The summed E-state index contributed by atoms with van der Waals surface area (Å²) in [5.74, 6) is 1.09. The molecule has 0 aliphatic carbocycles. The van der Waals surface area contributed by atoms with E-state index >= 15 is 0 Å². The molecule has 2 aromatic carbocycles. The van der Waals surface area contributed by atoms with Gasteiger partial charge in [-0.3, -0.25) is 0 Å². The molecule has 25 heavy (non-hydrogen) atoms. The lowest BCUT2D eigenvalue weighted by Crippen LogP contribution is -2.05. The minimum Gasteiger partial charge on any atom is -0.490 e. The van der Waals surface area contributed by atoms with Crippen LogP contribution < -0.4 is 14.9 Å². The average Bonchev–Trinajstić information content (AvgIpc) is 2.60. The first-order valence-electron chi connectivity index (χ1n) is 7.84. The van der Waals surface area contributed by atoms with Crippen LogP contribution in [0.5, 0.6) is 11.5 Å². The first-order chi connectivity index (χ1) is 12.1. The summed E-state index contributed by atoms with van der Waals surface area (Å²) in [5, 5.41) is 5.39. The molecule has 2 aromatic rings. The largest absolute Gasteiger partial charge is 0.490 e. The second-order valence-electron chi connectivity index (χ2n) is 5.08. The van der Waals surface area contributed by atoms with Crippen molar-refractivity contribution in [3.05, 3.63) is 70.2 Å². The van der Waals surface area contributed by atoms with Crippen LogP contribution in [0.1, 0.15) is 18.1 Å². The Bertz CT molecular complexity index is 731. The van der Waals surface area contributed by atoms with Gasteiger partial charge in [-0.1, -0.05) is 48.0 Å². The van der Waals surface area contributed by atoms with Gasteiger partial charge >= 0.3 is 0 Å². The Morgan fingerprint density at radius 1 is 1.16 bits per heavy atom. The third-order valence-corrected chi connectivity index (χ3v) is 3.71. The number of hydrogen-bond donors (Lipinski definition) is 1. The van der Waals surface area contributed by atoms with E-state index in [-0.39, 0.29) is 0 Å². The Kier molecular flexibility index (Phi) is 7.64. The highest BCUT2D eigenvalue weighted by Gasteiger charge is 2.11. The first-order valence-corrected chi connectivity index (χ1v) is 8.60. The number of ether oxygens (including phenoxy) is 2. The summed E-state index contributed by atoms with van der Waals surface area (Å²) < 4.78 is 11.2. The zero-order chi connectivity index (χ0) is 18.1. The second kappa shape index (κ2) is 9.97. The summed E-state index contributed by atoms with van der Waals surface area (Å²) in [6, 6.07) is 11.2. The Morgan fingerprint density at radius 3 is 2.60 bits per heavy atom. The quantitative estimate of drug-likeness (QED) is 0.375. The summed E-state index contributed by atoms with van der Waals surface area (Å²) in [6.45, 7) is 7.00. The van der Waals surface area contributed by atoms with Gasteiger partial charge in [-0.05, 0) is 42.3 Å². The molecule has 0 aromatic heterocycles. The molecule has 0 heterocycles. The maximum absolute atomic E-state index is 6.30. The van der Waals surface area contributed by atoms with Gasteiger partial charge in [0, 0.05) is 5.02 Å². The predicted molar refractivity (Wildman–Crippen MR) is 104 cm³/mol. The first kappa shape index (κ1) is 19.2. The monoisotopic (exact) mass is 378 g/mol. The minimum atomic E-state index is 0.357. The molecule has 0 amide bonds. The maximum Gasteiger partial charge on any atom is 0.180 e. The van der Waals surface area contributed by atoms with Crippen molar-refractivity contribution in [2.45, 2.75) is 13.5 Å². The van der Waals surface area contributed by atoms with Crippen LogP contribution in [-0.2, 0) is 6.54 Å². The van der Waals surface area contributed by atoms with Crippen molar-refractivity contribution in [2.24, 2.45) is 5.10 Å². The zero-order valence-electron chi connectivity index (χ0n) is 14.0. The third kappa shape index (κ3) is 6.00. The summed E-state index contributed by atoms with van der Waals surface area (Å²) in [5.41, 5.74) is 4.88. The van der Waals surface area contributed by atoms with Crippen LogP contribution in [0.2, 0.25) is 10.0 Å². The van der Waals surface area contributed by atoms with Crippen LogP contribution >= 0.6 is 23.2 Å². The zero-order valence-corrected chi connectivity index (χ0v) is 15.5. The molecule has 0 saturated heterocycles. The Labute approximate surface area is 158 Å². The molecular formula is C19H20Cl2N2O2. The van der Waals surface area contributed by atoms with E-state index in [4.69, 9.17) is 32.7 Å². The maximum atomic E-state index is 6.30. The van der Waals surface area contributed by atoms with E-state index in [2.05, 4.69) is 17.1 Å². The van der Waals surface area contributed by atoms with Gasteiger partial charge in [-0.25, -0.2) is 0 Å². The molecule has 0 aliphatic heterocycles. The molecule has 1 N–H and O–H groups in total. The van der Waals surface area contributed by atoms with Gasteiger partial charge in [0.1, 0.15) is 6.61 Å². The highest BCUT2D eigenvalue weighted by Crippen LogP contribution is 2.36. The SMILES string of the molecule is C=CCOc1c(Cl)cc(/C=N\NCc2ccc(Cl)cc2)cc1OCC. The number of halogens is 2. The van der Waals surface area contributed by atoms with E-state index in [1.54, 1.807) is 18.4 Å². The van der Waals surface area contributed by atoms with E-state index < -0.39 is 0 Å². The van der Waals surface area contributed by atoms with Gasteiger partial charge in [0.05, 0.1) is 24.4 Å². The van der Waals surface area contributed by atoms with Crippen LogP contribution in [0.25, 0.3) is 0 Å². The number of hydrogen-bond acceptors (Lipinski definition) is 4. The van der Waals surface area contributed by atoms with Crippen LogP contribution in [-0.4, -0.2) is 19.4 Å². The molecular weight excluding hydrogens is 359 g/mol. The van der Waals surface area contributed by atoms with Gasteiger partial charge in [0.15, 0.2) is 11.5 Å². The van der Waals surface area contributed by atoms with Crippen molar-refractivity contribution in [1.82, 2.24) is 5.43 Å². The number of nitrogens with one attached hydrogen (secondary N) is 1. The van der Waals surface area contributed by atoms with Crippen molar-refractivity contribution in [3.8, 4) is 11.5 Å². The normalized spacial score (nSPS) is 10.7. The Morgan fingerprint density at radius 2 is 1.92 bits per heavy atom. The molecule has 0 atom stereocenters. The fourth-order valence-corrected chi connectivity index (χ4v) is 2.47. The van der Waals surface area contributed by atoms with Crippen molar-refractivity contribution >= 4 is 29.4 Å². The number of benzene rings is 2. The van der Waals surface area contributed by atoms with Crippen LogP contribution in [0.15, 0.2) is 54.2 Å². The standard InChI is InChI=1S/C19H20Cl2N2O2/c1-3-9-25-19-17(21)10-15(11-18(19)24-4-2)13-23-22-12-14-5-7-16(20)8-6-14/h3,5-8,10-11,13,22H,1,4,9,12H2,2H3/b23-13-. The van der Waals surface area contributed by atoms with Gasteiger partial charge in [-0.15, -0.1) is 0 Å². The van der Waals surface area contributed by atoms with Crippen molar-refractivity contribution in [2.75, 3.05) is 13.2 Å². The fraction of sp³-hybridized carbons (Fsp3) is 0.211. The molecule has 0 fully saturated rings. The number of nitrogens with zero attached hydrogens (tertiary/aromatic N) is 1. The van der Waals surface area contributed by atoms with Crippen LogP contribution in [0, 0.1) is 0 Å². The molecule has 2 rings (SSSR count). The van der Waals surface area contributed by atoms with Crippen LogP contribution in [0.4, 0.5) is 0 Å². The Balaban J connectivity index is 2.05. The van der Waals surface area contributed by atoms with E-state index in [9.17, 15) is 0 Å². The van der Waals surface area contributed by atoms with E-state index in [0.29, 0.717) is 41.3 Å². The van der Waals surface area contributed by atoms with E-state index in [0.717, 1.165) is 11.1 Å². The molecule has 0 spiro atoms. The number of rotatable bonds is 9. The van der Waals surface area contributed by atoms with E-state index in [1.807, 2.05) is 37.3 Å². The third-order valence-electron chi connectivity index (χ3n) is 3.18. The molecule has 0 bridgehead atoms. The lowest BCUT2D eigenvalue weighted by atomic mass is 10.2. The lowest BCUT2D eigenvalue weighted by molar-refractivity contribution is 0.297. The van der Waals surface area contributed by atoms with Crippen molar-refractivity contribution < 1.29 is 9.47 Å². The van der Waals surface area contributed by atoms with Crippen LogP contribution in [0.3, 0.4) is 0 Å². The minimum absolute atomic E-state index is 0.357. The fourth-order valence-electron chi connectivity index (χ4n) is 2.07. The molecule has 0 saturated carbocycles. The van der Waals surface area contributed by atoms with Gasteiger partial charge < -0.3 is 14.9 Å². The molecule has 0 radical (unpaired) electrons. The summed E-state index contributed by atoms with van der Waals surface area (Å²) >= 11 is 12.2. The summed E-state index contributed by atoms with van der Waals surface area (Å²) in [7, 11) is 0. The molecule has 0 aliphatic rings. The summed E-state index contributed by atoms with van der Waals surface area (Å²) in [6.07, 6.45) is 3.34. The smallest absolute Gasteiger partial charge is 0.180 e. The second-order valence-corrected chi connectivity index (χ2v) is 5.93. The highest BCUT2D eigenvalue weighted by atomic mass is 35.5. The molecule has 6 heteroatoms. The molecule has 0 unspecified atom stereocenters. The topological polar surface area (TPSA) is 42.8 Å². The number of hydrazone groups is 1. The highest BCUT2D eigenvalue weighted by molar-refractivity contribution is 6.32. The molecule has 132 valence electrons. The van der Waals surface area contributed by atoms with Gasteiger partial charge in [0.25, 0.3) is 0 Å². The summed E-state index contributed by atoms with van der Waals surface area (Å²) in [4.78, 5) is 0. The van der Waals surface area contributed by atoms with E-state index in [1.165, 1.54) is 0 Å². The van der Waals surface area contributed by atoms with Crippen molar-refractivity contribution in [3.63, 3.8) is 0 Å². The Hall–Kier alpha value is -2.17. The predicted octanol–water partition coefficient (Wildman–Crippen LogP) is 5.08.